The third kappa shape index (κ3) is 2.52. The first-order chi connectivity index (χ1) is 6.74. The lowest BCUT2D eigenvalue weighted by atomic mass is 10.2. The molecule has 1 aliphatic carbocycles. The van der Waals surface area contributed by atoms with E-state index in [9.17, 15) is 4.79 Å². The monoisotopic (exact) mass is 192 g/mol. The van der Waals surface area contributed by atoms with Gasteiger partial charge in [-0.25, -0.2) is 9.97 Å². The molecular formula is C10H12N2O2. The fourth-order valence-electron chi connectivity index (χ4n) is 1.33. The van der Waals surface area contributed by atoms with Crippen LogP contribution in [0.3, 0.4) is 0 Å². The first-order valence-corrected chi connectivity index (χ1v) is 4.75. The summed E-state index contributed by atoms with van der Waals surface area (Å²) in [7, 11) is 0. The molecule has 74 valence electrons. The molecule has 1 saturated carbocycles. The molecule has 1 aromatic rings. The average Bonchev–Trinajstić information content (AvgIpc) is 2.91. The molecule has 0 unspecified atom stereocenters. The molecule has 0 bridgehead atoms. The normalized spacial score (nSPS) is 15.4. The van der Waals surface area contributed by atoms with Crippen molar-refractivity contribution in [3.63, 3.8) is 0 Å². The molecule has 4 nitrogen and oxygen atoms in total. The van der Waals surface area contributed by atoms with E-state index in [1.54, 1.807) is 12.4 Å². The molecular weight excluding hydrogens is 180 g/mol. The SMILES string of the molecule is O=C(O)Cc1cnc(CC2CC2)nc1. The highest BCUT2D eigenvalue weighted by Crippen LogP contribution is 2.31. The summed E-state index contributed by atoms with van der Waals surface area (Å²) in [5, 5.41) is 8.54. The van der Waals surface area contributed by atoms with Gasteiger partial charge in [-0.15, -0.1) is 0 Å². The molecule has 0 aliphatic heterocycles. The zero-order valence-corrected chi connectivity index (χ0v) is 7.81. The Kier molecular flexibility index (Phi) is 2.43. The number of aliphatic carboxylic acids is 1. The summed E-state index contributed by atoms with van der Waals surface area (Å²) in [4.78, 5) is 18.7. The summed E-state index contributed by atoms with van der Waals surface area (Å²) in [6.45, 7) is 0. The second kappa shape index (κ2) is 3.74. The van der Waals surface area contributed by atoms with Crippen LogP contribution in [0, 0.1) is 5.92 Å². The van der Waals surface area contributed by atoms with Crippen LogP contribution >= 0.6 is 0 Å². The van der Waals surface area contributed by atoms with Crippen molar-refractivity contribution in [2.24, 2.45) is 5.92 Å². The lowest BCUT2D eigenvalue weighted by Crippen LogP contribution is -2.03. The van der Waals surface area contributed by atoms with Crippen LogP contribution in [-0.4, -0.2) is 21.0 Å². The molecule has 4 heteroatoms. The Morgan fingerprint density at radius 2 is 2.07 bits per heavy atom. The van der Waals surface area contributed by atoms with Crippen LogP contribution in [0.5, 0.6) is 0 Å². The molecule has 0 aromatic carbocycles. The summed E-state index contributed by atoms with van der Waals surface area (Å²) in [6.07, 6.45) is 6.72. The number of carboxylic acid groups (broad SMARTS) is 1. The van der Waals surface area contributed by atoms with Crippen LogP contribution in [0.2, 0.25) is 0 Å². The highest BCUT2D eigenvalue weighted by atomic mass is 16.4. The average molecular weight is 192 g/mol. The molecule has 14 heavy (non-hydrogen) atoms. The van der Waals surface area contributed by atoms with Gasteiger partial charge in [0.1, 0.15) is 5.82 Å². The summed E-state index contributed by atoms with van der Waals surface area (Å²) >= 11 is 0. The van der Waals surface area contributed by atoms with Gasteiger partial charge >= 0.3 is 5.97 Å². The van der Waals surface area contributed by atoms with Crippen molar-refractivity contribution < 1.29 is 9.90 Å². The predicted molar refractivity (Wildman–Crippen MR) is 49.8 cm³/mol. The van der Waals surface area contributed by atoms with E-state index in [1.807, 2.05) is 0 Å². The summed E-state index contributed by atoms with van der Waals surface area (Å²) in [5.74, 6) is 0.755. The smallest absolute Gasteiger partial charge is 0.307 e. The Labute approximate surface area is 82.0 Å². The standard InChI is InChI=1S/C10H12N2O2/c13-10(14)4-8-5-11-9(12-6-8)3-7-1-2-7/h5-7H,1-4H2,(H,13,14). The largest absolute Gasteiger partial charge is 0.481 e. The third-order valence-electron chi connectivity index (χ3n) is 2.28. The fourth-order valence-corrected chi connectivity index (χ4v) is 1.33. The van der Waals surface area contributed by atoms with Crippen molar-refractivity contribution >= 4 is 5.97 Å². The topological polar surface area (TPSA) is 63.1 Å². The maximum absolute atomic E-state index is 10.4. The number of hydrogen-bond acceptors (Lipinski definition) is 3. The van der Waals surface area contributed by atoms with E-state index in [-0.39, 0.29) is 6.42 Å². The number of nitrogens with zero attached hydrogens (tertiary/aromatic N) is 2. The second-order valence-electron chi connectivity index (χ2n) is 3.73. The Morgan fingerprint density at radius 3 is 2.57 bits per heavy atom. The van der Waals surface area contributed by atoms with Crippen molar-refractivity contribution in [2.45, 2.75) is 25.7 Å². The molecule has 2 rings (SSSR count). The van der Waals surface area contributed by atoms with E-state index in [1.165, 1.54) is 12.8 Å². The third-order valence-corrected chi connectivity index (χ3v) is 2.28. The van der Waals surface area contributed by atoms with Gasteiger partial charge in [0.15, 0.2) is 0 Å². The minimum absolute atomic E-state index is 0.00368. The number of aromatic nitrogens is 2. The molecule has 1 N–H and O–H groups in total. The number of hydrogen-bond donors (Lipinski definition) is 1. The van der Waals surface area contributed by atoms with Crippen LogP contribution in [0.4, 0.5) is 0 Å². The van der Waals surface area contributed by atoms with Crippen molar-refractivity contribution in [1.29, 1.82) is 0 Å². The van der Waals surface area contributed by atoms with Crippen LogP contribution in [-0.2, 0) is 17.6 Å². The Hall–Kier alpha value is -1.45. The Morgan fingerprint density at radius 1 is 1.43 bits per heavy atom. The summed E-state index contributed by atoms with van der Waals surface area (Å²) in [6, 6.07) is 0. The number of carbonyl (C=O) groups is 1. The van der Waals surface area contributed by atoms with Crippen molar-refractivity contribution in [3.05, 3.63) is 23.8 Å². The zero-order chi connectivity index (χ0) is 9.97. The van der Waals surface area contributed by atoms with E-state index >= 15 is 0 Å². The van der Waals surface area contributed by atoms with Crippen LogP contribution < -0.4 is 0 Å². The van der Waals surface area contributed by atoms with Crippen LogP contribution in [0.25, 0.3) is 0 Å². The molecule has 1 fully saturated rings. The van der Waals surface area contributed by atoms with Crippen LogP contribution in [0.15, 0.2) is 12.4 Å². The van der Waals surface area contributed by atoms with E-state index in [2.05, 4.69) is 9.97 Å². The minimum Gasteiger partial charge on any atom is -0.481 e. The van der Waals surface area contributed by atoms with Crippen LogP contribution in [0.1, 0.15) is 24.2 Å². The molecule has 1 aliphatic rings. The highest BCUT2D eigenvalue weighted by molar-refractivity contribution is 5.69. The minimum atomic E-state index is -0.844. The molecule has 0 amide bonds. The molecule has 0 radical (unpaired) electrons. The quantitative estimate of drug-likeness (QED) is 0.774. The van der Waals surface area contributed by atoms with E-state index in [4.69, 9.17) is 5.11 Å². The first kappa shape index (κ1) is 9.12. The van der Waals surface area contributed by atoms with Gasteiger partial charge in [-0.3, -0.25) is 4.79 Å². The van der Waals surface area contributed by atoms with Gasteiger partial charge in [-0.05, 0) is 24.3 Å². The lowest BCUT2D eigenvalue weighted by Gasteiger charge is -1.99. The fraction of sp³-hybridized carbons (Fsp3) is 0.500. The Bertz CT molecular complexity index is 330. The maximum Gasteiger partial charge on any atom is 0.307 e. The predicted octanol–water partition coefficient (Wildman–Crippen LogP) is 1.06. The molecule has 0 saturated heterocycles. The van der Waals surface area contributed by atoms with Crippen molar-refractivity contribution in [1.82, 2.24) is 9.97 Å². The van der Waals surface area contributed by atoms with Gasteiger partial charge in [0.2, 0.25) is 0 Å². The van der Waals surface area contributed by atoms with E-state index in [0.29, 0.717) is 5.56 Å². The Balaban J connectivity index is 1.97. The maximum atomic E-state index is 10.4. The van der Waals surface area contributed by atoms with Gasteiger partial charge in [-0.2, -0.15) is 0 Å². The first-order valence-electron chi connectivity index (χ1n) is 4.75. The van der Waals surface area contributed by atoms with E-state index < -0.39 is 5.97 Å². The molecule has 1 heterocycles. The number of carboxylic acids is 1. The lowest BCUT2D eigenvalue weighted by molar-refractivity contribution is -0.136. The van der Waals surface area contributed by atoms with Crippen molar-refractivity contribution in [2.75, 3.05) is 0 Å². The summed E-state index contributed by atoms with van der Waals surface area (Å²) in [5.41, 5.74) is 0.664. The molecule has 0 spiro atoms. The van der Waals surface area contributed by atoms with E-state index in [0.717, 1.165) is 18.2 Å². The second-order valence-corrected chi connectivity index (χ2v) is 3.73. The number of rotatable bonds is 4. The molecule has 0 atom stereocenters. The van der Waals surface area contributed by atoms with Gasteiger partial charge < -0.3 is 5.11 Å². The summed E-state index contributed by atoms with van der Waals surface area (Å²) < 4.78 is 0. The van der Waals surface area contributed by atoms with Gasteiger partial charge in [0.05, 0.1) is 6.42 Å². The zero-order valence-electron chi connectivity index (χ0n) is 7.81. The van der Waals surface area contributed by atoms with Gasteiger partial charge in [-0.1, -0.05) is 0 Å². The molecule has 1 aromatic heterocycles. The van der Waals surface area contributed by atoms with Gasteiger partial charge in [0, 0.05) is 18.8 Å². The van der Waals surface area contributed by atoms with Crippen molar-refractivity contribution in [3.8, 4) is 0 Å². The van der Waals surface area contributed by atoms with Gasteiger partial charge in [0.25, 0.3) is 0 Å². The highest BCUT2D eigenvalue weighted by Gasteiger charge is 2.22.